The van der Waals surface area contributed by atoms with Gasteiger partial charge >= 0.3 is 5.97 Å². The second kappa shape index (κ2) is 3.98. The maximum atomic E-state index is 11.4. The van der Waals surface area contributed by atoms with Gasteiger partial charge in [-0.25, -0.2) is 4.79 Å². The molecule has 4 heteroatoms. The van der Waals surface area contributed by atoms with Gasteiger partial charge in [-0.05, 0) is 25.7 Å². The van der Waals surface area contributed by atoms with Crippen LogP contribution in [0, 0.1) is 0 Å². The Hall–Kier alpha value is -1.06. The molecule has 0 unspecified atom stereocenters. The van der Waals surface area contributed by atoms with E-state index in [1.807, 2.05) is 0 Å². The average molecular weight is 197 g/mol. The first-order valence-corrected chi connectivity index (χ1v) is 5.25. The van der Waals surface area contributed by atoms with Crippen LogP contribution in [0.1, 0.15) is 38.5 Å². The van der Waals surface area contributed by atoms with Gasteiger partial charge in [0.1, 0.15) is 12.1 Å². The molecule has 2 aliphatic rings. The second-order valence-electron chi connectivity index (χ2n) is 4.02. The van der Waals surface area contributed by atoms with Crippen LogP contribution >= 0.6 is 0 Å². The minimum atomic E-state index is -0.371. The highest BCUT2D eigenvalue weighted by Crippen LogP contribution is 2.21. The second-order valence-corrected chi connectivity index (χ2v) is 4.02. The third-order valence-electron chi connectivity index (χ3n) is 2.84. The zero-order valence-electron chi connectivity index (χ0n) is 8.12. The Morgan fingerprint density at radius 2 is 1.93 bits per heavy atom. The molecule has 78 valence electrons. The predicted octanol–water partition coefficient (Wildman–Crippen LogP) is 0.751. The molecular weight excluding hydrogens is 182 g/mol. The Labute approximate surface area is 83.0 Å². The smallest absolute Gasteiger partial charge is 0.329 e. The monoisotopic (exact) mass is 197 g/mol. The van der Waals surface area contributed by atoms with Crippen LogP contribution in [0.25, 0.3) is 0 Å². The number of carbonyl (C=O) groups is 2. The van der Waals surface area contributed by atoms with E-state index in [0.29, 0.717) is 6.42 Å². The zero-order valence-corrected chi connectivity index (χ0v) is 8.12. The molecule has 1 saturated heterocycles. The lowest BCUT2D eigenvalue weighted by molar-refractivity contribution is -0.159. The Morgan fingerprint density at radius 3 is 2.50 bits per heavy atom. The maximum Gasteiger partial charge on any atom is 0.329 e. The van der Waals surface area contributed by atoms with Gasteiger partial charge < -0.3 is 10.1 Å². The van der Waals surface area contributed by atoms with E-state index in [4.69, 9.17) is 4.74 Å². The molecule has 1 amide bonds. The van der Waals surface area contributed by atoms with Gasteiger partial charge in [-0.1, -0.05) is 6.42 Å². The van der Waals surface area contributed by atoms with Crippen molar-refractivity contribution in [2.45, 2.75) is 50.7 Å². The van der Waals surface area contributed by atoms with Gasteiger partial charge in [-0.3, -0.25) is 4.79 Å². The van der Waals surface area contributed by atoms with Crippen LogP contribution in [-0.4, -0.2) is 24.0 Å². The molecule has 1 heterocycles. The van der Waals surface area contributed by atoms with E-state index in [-0.39, 0.29) is 24.0 Å². The molecule has 0 aromatic carbocycles. The minimum Gasteiger partial charge on any atom is -0.461 e. The highest BCUT2D eigenvalue weighted by Gasteiger charge is 2.34. The normalized spacial score (nSPS) is 27.7. The molecule has 2 rings (SSSR count). The van der Waals surface area contributed by atoms with Crippen LogP contribution in [0.4, 0.5) is 0 Å². The van der Waals surface area contributed by atoms with Gasteiger partial charge in [0.05, 0.1) is 6.42 Å². The van der Waals surface area contributed by atoms with Crippen LogP contribution in [0.2, 0.25) is 0 Å². The largest absolute Gasteiger partial charge is 0.461 e. The SMILES string of the molecule is O=C1C[C@@H](C(=O)OC2CCCCC2)N1. The number of β-lactam (4-membered cyclic amide) rings is 1. The minimum absolute atomic E-state index is 0.0596. The molecule has 0 spiro atoms. The molecule has 1 aliphatic heterocycles. The summed E-state index contributed by atoms with van der Waals surface area (Å²) in [6, 6.07) is -0.371. The van der Waals surface area contributed by atoms with E-state index < -0.39 is 0 Å². The number of ether oxygens (including phenoxy) is 1. The Morgan fingerprint density at radius 1 is 1.29 bits per heavy atom. The number of hydrogen-bond donors (Lipinski definition) is 1. The number of carbonyl (C=O) groups excluding carboxylic acids is 2. The van der Waals surface area contributed by atoms with E-state index >= 15 is 0 Å². The van der Waals surface area contributed by atoms with E-state index in [1.54, 1.807) is 0 Å². The summed E-state index contributed by atoms with van der Waals surface area (Å²) in [6.07, 6.45) is 5.89. The number of hydrogen-bond acceptors (Lipinski definition) is 3. The fraction of sp³-hybridized carbons (Fsp3) is 0.800. The summed E-state index contributed by atoms with van der Waals surface area (Å²) in [7, 11) is 0. The summed E-state index contributed by atoms with van der Waals surface area (Å²) in [5, 5.41) is 2.52. The van der Waals surface area contributed by atoms with Gasteiger partial charge in [-0.2, -0.15) is 0 Å². The van der Waals surface area contributed by atoms with Crippen LogP contribution in [0.3, 0.4) is 0 Å². The summed E-state index contributed by atoms with van der Waals surface area (Å²) >= 11 is 0. The van der Waals surface area contributed by atoms with Crippen LogP contribution in [-0.2, 0) is 14.3 Å². The highest BCUT2D eigenvalue weighted by atomic mass is 16.5. The van der Waals surface area contributed by atoms with Gasteiger partial charge in [0.15, 0.2) is 0 Å². The fourth-order valence-corrected chi connectivity index (χ4v) is 1.93. The van der Waals surface area contributed by atoms with Crippen molar-refractivity contribution in [2.24, 2.45) is 0 Å². The lowest BCUT2D eigenvalue weighted by Crippen LogP contribution is -2.54. The third kappa shape index (κ3) is 2.05. The Balaban J connectivity index is 1.73. The van der Waals surface area contributed by atoms with Crippen molar-refractivity contribution in [3.63, 3.8) is 0 Å². The van der Waals surface area contributed by atoms with Gasteiger partial charge in [0, 0.05) is 0 Å². The third-order valence-corrected chi connectivity index (χ3v) is 2.84. The standard InChI is InChI=1S/C10H15NO3/c12-9-6-8(11-9)10(13)14-7-4-2-1-3-5-7/h7-8H,1-6H2,(H,11,12)/t8-/m0/s1. The number of esters is 1. The van der Waals surface area contributed by atoms with Crippen molar-refractivity contribution in [1.82, 2.24) is 5.32 Å². The van der Waals surface area contributed by atoms with E-state index in [1.165, 1.54) is 6.42 Å². The van der Waals surface area contributed by atoms with Crippen molar-refractivity contribution >= 4 is 11.9 Å². The fourth-order valence-electron chi connectivity index (χ4n) is 1.93. The molecule has 1 atom stereocenters. The Kier molecular flexibility index (Phi) is 2.70. The first kappa shape index (κ1) is 9.49. The lowest BCUT2D eigenvalue weighted by Gasteiger charge is -2.28. The molecule has 0 radical (unpaired) electrons. The molecule has 1 N–H and O–H groups in total. The average Bonchev–Trinajstić information content (AvgIpc) is 2.14. The van der Waals surface area contributed by atoms with E-state index in [2.05, 4.69) is 5.32 Å². The highest BCUT2D eigenvalue weighted by molar-refractivity contribution is 5.94. The topological polar surface area (TPSA) is 55.4 Å². The van der Waals surface area contributed by atoms with Crippen LogP contribution in [0.15, 0.2) is 0 Å². The first-order chi connectivity index (χ1) is 6.75. The van der Waals surface area contributed by atoms with Crippen molar-refractivity contribution < 1.29 is 14.3 Å². The summed E-state index contributed by atoms with van der Waals surface area (Å²) < 4.78 is 5.29. The predicted molar refractivity (Wildman–Crippen MR) is 49.5 cm³/mol. The molecule has 4 nitrogen and oxygen atoms in total. The van der Waals surface area contributed by atoms with Crippen molar-refractivity contribution in [3.05, 3.63) is 0 Å². The van der Waals surface area contributed by atoms with Crippen LogP contribution in [0.5, 0.6) is 0 Å². The van der Waals surface area contributed by atoms with Crippen molar-refractivity contribution in [2.75, 3.05) is 0 Å². The number of nitrogens with one attached hydrogen (secondary N) is 1. The maximum absolute atomic E-state index is 11.4. The summed E-state index contributed by atoms with van der Waals surface area (Å²) in [4.78, 5) is 22.0. The summed E-state index contributed by atoms with van der Waals surface area (Å²) in [5.41, 5.74) is 0. The van der Waals surface area contributed by atoms with Gasteiger partial charge in [-0.15, -0.1) is 0 Å². The zero-order chi connectivity index (χ0) is 9.97. The molecule has 0 aromatic heterocycles. The molecular formula is C10H15NO3. The van der Waals surface area contributed by atoms with Crippen LogP contribution < -0.4 is 5.32 Å². The molecule has 2 fully saturated rings. The number of rotatable bonds is 2. The molecule has 0 aromatic rings. The molecule has 14 heavy (non-hydrogen) atoms. The molecule has 1 aliphatic carbocycles. The first-order valence-electron chi connectivity index (χ1n) is 5.25. The van der Waals surface area contributed by atoms with E-state index in [9.17, 15) is 9.59 Å². The number of amides is 1. The van der Waals surface area contributed by atoms with Gasteiger partial charge in [0.25, 0.3) is 0 Å². The lowest BCUT2D eigenvalue weighted by atomic mass is 9.97. The molecule has 1 saturated carbocycles. The quantitative estimate of drug-likeness (QED) is 0.525. The Bertz CT molecular complexity index is 238. The van der Waals surface area contributed by atoms with E-state index in [0.717, 1.165) is 25.7 Å². The summed E-state index contributed by atoms with van der Waals surface area (Å²) in [5.74, 6) is -0.313. The van der Waals surface area contributed by atoms with Crippen molar-refractivity contribution in [1.29, 1.82) is 0 Å². The summed E-state index contributed by atoms with van der Waals surface area (Å²) in [6.45, 7) is 0. The van der Waals surface area contributed by atoms with Crippen molar-refractivity contribution in [3.8, 4) is 0 Å². The molecule has 0 bridgehead atoms. The van der Waals surface area contributed by atoms with Gasteiger partial charge in [0.2, 0.25) is 5.91 Å².